The molecular formula is C16H25NO2. The highest BCUT2D eigenvalue weighted by Crippen LogP contribution is 2.33. The van der Waals surface area contributed by atoms with Crippen molar-refractivity contribution >= 4 is 0 Å². The lowest BCUT2D eigenvalue weighted by atomic mass is 9.77. The zero-order valence-corrected chi connectivity index (χ0v) is 12.0. The maximum absolute atomic E-state index is 10.4. The largest absolute Gasteiger partial charge is 0.481 e. The molecule has 0 aliphatic heterocycles. The Balaban J connectivity index is 1.84. The number of rotatable bonds is 5. The van der Waals surface area contributed by atoms with Crippen LogP contribution in [0, 0.1) is 11.8 Å². The van der Waals surface area contributed by atoms with Crippen LogP contribution in [0.3, 0.4) is 0 Å². The molecule has 1 aliphatic carbocycles. The molecule has 0 aromatic carbocycles. The van der Waals surface area contributed by atoms with Crippen LogP contribution in [0.15, 0.2) is 18.3 Å². The first kappa shape index (κ1) is 14.3. The number of nitrogens with zero attached hydrogens (tertiary/aromatic N) is 1. The van der Waals surface area contributed by atoms with E-state index in [9.17, 15) is 5.11 Å². The molecule has 19 heavy (non-hydrogen) atoms. The van der Waals surface area contributed by atoms with Crippen molar-refractivity contribution in [3.05, 3.63) is 23.9 Å². The molecule has 2 rings (SSSR count). The van der Waals surface area contributed by atoms with Crippen LogP contribution in [-0.4, -0.2) is 23.3 Å². The van der Waals surface area contributed by atoms with Crippen molar-refractivity contribution < 1.29 is 9.84 Å². The number of hydrogen-bond donors (Lipinski definition) is 1. The van der Waals surface area contributed by atoms with Crippen LogP contribution in [0.5, 0.6) is 5.88 Å². The second-order valence-electron chi connectivity index (χ2n) is 5.67. The van der Waals surface area contributed by atoms with E-state index in [0.717, 1.165) is 11.5 Å². The first-order valence-electron chi connectivity index (χ1n) is 7.40. The van der Waals surface area contributed by atoms with Gasteiger partial charge in [0, 0.05) is 18.7 Å². The molecule has 1 saturated carbocycles. The molecule has 1 atom stereocenters. The third-order valence-electron chi connectivity index (χ3n) is 4.46. The van der Waals surface area contributed by atoms with E-state index in [0.29, 0.717) is 18.2 Å². The number of pyridine rings is 1. The third-order valence-corrected chi connectivity index (χ3v) is 4.46. The number of methoxy groups -OCH3 is 1. The summed E-state index contributed by atoms with van der Waals surface area (Å²) in [6, 6.07) is 3.85. The topological polar surface area (TPSA) is 42.4 Å². The Labute approximate surface area is 116 Å². The minimum absolute atomic E-state index is 0.229. The van der Waals surface area contributed by atoms with Gasteiger partial charge in [0.05, 0.1) is 13.2 Å². The third kappa shape index (κ3) is 3.93. The molecule has 0 saturated heterocycles. The molecule has 1 aliphatic rings. The molecule has 0 radical (unpaired) electrons. The van der Waals surface area contributed by atoms with Crippen molar-refractivity contribution in [2.45, 2.75) is 51.6 Å². The minimum Gasteiger partial charge on any atom is -0.481 e. The Bertz CT molecular complexity index is 369. The summed E-state index contributed by atoms with van der Waals surface area (Å²) in [6.45, 7) is 2.27. The van der Waals surface area contributed by atoms with Gasteiger partial charge in [-0.1, -0.05) is 32.3 Å². The molecule has 0 bridgehead atoms. The van der Waals surface area contributed by atoms with Gasteiger partial charge in [-0.2, -0.15) is 0 Å². The van der Waals surface area contributed by atoms with Crippen molar-refractivity contribution in [2.24, 2.45) is 11.8 Å². The molecule has 106 valence electrons. The molecule has 1 fully saturated rings. The number of ether oxygens (including phenoxy) is 1. The Kier molecular flexibility index (Phi) is 5.20. The fraction of sp³-hybridized carbons (Fsp3) is 0.688. The van der Waals surface area contributed by atoms with Crippen LogP contribution in [0.1, 0.15) is 44.6 Å². The van der Waals surface area contributed by atoms with E-state index in [4.69, 9.17) is 4.74 Å². The first-order chi connectivity index (χ1) is 9.22. The van der Waals surface area contributed by atoms with E-state index in [1.807, 2.05) is 12.1 Å². The predicted molar refractivity (Wildman–Crippen MR) is 76.2 cm³/mol. The van der Waals surface area contributed by atoms with Crippen LogP contribution >= 0.6 is 0 Å². The molecule has 1 aromatic heterocycles. The minimum atomic E-state index is -0.229. The van der Waals surface area contributed by atoms with Crippen LogP contribution in [0.25, 0.3) is 0 Å². The number of hydrogen-bond acceptors (Lipinski definition) is 3. The fourth-order valence-corrected chi connectivity index (χ4v) is 3.04. The van der Waals surface area contributed by atoms with Crippen LogP contribution in [0.2, 0.25) is 0 Å². The average Bonchev–Trinajstić information content (AvgIpc) is 2.48. The maximum atomic E-state index is 10.4. The van der Waals surface area contributed by atoms with Gasteiger partial charge >= 0.3 is 0 Å². The monoisotopic (exact) mass is 263 g/mol. The molecule has 1 N–H and O–H groups in total. The number of aliphatic hydroxyl groups is 1. The molecule has 1 unspecified atom stereocenters. The zero-order chi connectivity index (χ0) is 13.7. The van der Waals surface area contributed by atoms with Gasteiger partial charge in [0.25, 0.3) is 0 Å². The lowest BCUT2D eigenvalue weighted by Gasteiger charge is -2.31. The van der Waals surface area contributed by atoms with Crippen molar-refractivity contribution in [2.75, 3.05) is 7.11 Å². The summed E-state index contributed by atoms with van der Waals surface area (Å²) in [7, 11) is 1.61. The Morgan fingerprint density at radius 3 is 2.58 bits per heavy atom. The van der Waals surface area contributed by atoms with Crippen LogP contribution in [-0.2, 0) is 6.42 Å². The molecule has 3 heteroatoms. The Morgan fingerprint density at radius 1 is 1.32 bits per heavy atom. The molecule has 0 amide bonds. The van der Waals surface area contributed by atoms with E-state index in [-0.39, 0.29) is 6.10 Å². The van der Waals surface area contributed by atoms with E-state index in [1.165, 1.54) is 32.1 Å². The molecule has 1 heterocycles. The normalized spacial score (nSPS) is 25.0. The zero-order valence-electron chi connectivity index (χ0n) is 12.0. The van der Waals surface area contributed by atoms with Crippen molar-refractivity contribution in [1.82, 2.24) is 4.98 Å². The van der Waals surface area contributed by atoms with Gasteiger partial charge in [-0.15, -0.1) is 0 Å². The van der Waals surface area contributed by atoms with Gasteiger partial charge < -0.3 is 9.84 Å². The second-order valence-corrected chi connectivity index (χ2v) is 5.67. The highest BCUT2D eigenvalue weighted by Gasteiger charge is 2.25. The highest BCUT2D eigenvalue weighted by atomic mass is 16.5. The van der Waals surface area contributed by atoms with Gasteiger partial charge in [-0.25, -0.2) is 4.98 Å². The van der Waals surface area contributed by atoms with Gasteiger partial charge in [0.15, 0.2) is 0 Å². The summed E-state index contributed by atoms with van der Waals surface area (Å²) in [4.78, 5) is 4.19. The summed E-state index contributed by atoms with van der Waals surface area (Å²) in [5.41, 5.74) is 1.09. The van der Waals surface area contributed by atoms with Gasteiger partial charge in [0.1, 0.15) is 0 Å². The summed E-state index contributed by atoms with van der Waals surface area (Å²) >= 11 is 0. The maximum Gasteiger partial charge on any atom is 0.212 e. The molecule has 3 nitrogen and oxygen atoms in total. The average molecular weight is 263 g/mol. The summed E-state index contributed by atoms with van der Waals surface area (Å²) in [5, 5.41) is 10.4. The number of aliphatic hydroxyl groups excluding tert-OH is 1. The van der Waals surface area contributed by atoms with Gasteiger partial charge in [-0.3, -0.25) is 0 Å². The summed E-state index contributed by atoms with van der Waals surface area (Å²) < 4.78 is 5.04. The SMILES string of the molecule is CCC1CCC(C(O)Cc2ccc(OC)nc2)CC1. The standard InChI is InChI=1S/C16H25NO2/c1-3-12-4-7-14(8-5-12)15(18)10-13-6-9-16(19-2)17-11-13/h6,9,11-12,14-15,18H,3-5,7-8,10H2,1-2H3. The lowest BCUT2D eigenvalue weighted by molar-refractivity contribution is 0.0734. The van der Waals surface area contributed by atoms with Gasteiger partial charge in [0.2, 0.25) is 5.88 Å². The van der Waals surface area contributed by atoms with Crippen molar-refractivity contribution in [1.29, 1.82) is 0 Å². The van der Waals surface area contributed by atoms with E-state index < -0.39 is 0 Å². The number of aromatic nitrogens is 1. The second kappa shape index (κ2) is 6.90. The van der Waals surface area contributed by atoms with Crippen molar-refractivity contribution in [3.63, 3.8) is 0 Å². The van der Waals surface area contributed by atoms with Crippen LogP contribution < -0.4 is 4.74 Å². The quantitative estimate of drug-likeness (QED) is 0.887. The van der Waals surface area contributed by atoms with E-state index in [1.54, 1.807) is 13.3 Å². The van der Waals surface area contributed by atoms with Crippen molar-refractivity contribution in [3.8, 4) is 5.88 Å². The molecule has 0 spiro atoms. The molecule has 1 aromatic rings. The van der Waals surface area contributed by atoms with Crippen LogP contribution in [0.4, 0.5) is 0 Å². The summed E-state index contributed by atoms with van der Waals surface area (Å²) in [5.74, 6) is 1.97. The lowest BCUT2D eigenvalue weighted by Crippen LogP contribution is -2.27. The Hall–Kier alpha value is -1.09. The fourth-order valence-electron chi connectivity index (χ4n) is 3.04. The Morgan fingerprint density at radius 2 is 2.05 bits per heavy atom. The highest BCUT2D eigenvalue weighted by molar-refractivity contribution is 5.18. The molecular weight excluding hydrogens is 238 g/mol. The summed E-state index contributed by atoms with van der Waals surface area (Å²) in [6.07, 6.45) is 8.46. The first-order valence-corrected chi connectivity index (χ1v) is 7.40. The smallest absolute Gasteiger partial charge is 0.212 e. The van der Waals surface area contributed by atoms with Gasteiger partial charge in [-0.05, 0) is 30.2 Å². The predicted octanol–water partition coefficient (Wildman–Crippen LogP) is 3.21. The van der Waals surface area contributed by atoms with E-state index >= 15 is 0 Å². The van der Waals surface area contributed by atoms with E-state index in [2.05, 4.69) is 11.9 Å².